The quantitative estimate of drug-likeness (QED) is 0.479. The molecule has 2 heterocycles. The van der Waals surface area contributed by atoms with Gasteiger partial charge in [-0.25, -0.2) is 0 Å². The number of benzene rings is 3. The predicted molar refractivity (Wildman–Crippen MR) is 142 cm³/mol. The summed E-state index contributed by atoms with van der Waals surface area (Å²) in [6.45, 7) is 7.99. The Balaban J connectivity index is 1.66. The topological polar surface area (TPSA) is 62.8 Å². The molecule has 3 aromatic carbocycles. The summed E-state index contributed by atoms with van der Waals surface area (Å²) in [5, 5.41) is 7.13. The summed E-state index contributed by atoms with van der Waals surface area (Å²) < 4.78 is 12.4. The first-order valence-corrected chi connectivity index (χ1v) is 12.1. The Labute approximate surface area is 211 Å². The molecule has 180 valence electrons. The molecule has 0 aliphatic carbocycles. The van der Waals surface area contributed by atoms with Gasteiger partial charge in [0.1, 0.15) is 5.92 Å². The van der Waals surface area contributed by atoms with Gasteiger partial charge in [0.15, 0.2) is 22.3 Å². The second-order valence-electron chi connectivity index (χ2n) is 9.37. The van der Waals surface area contributed by atoms with Crippen molar-refractivity contribution in [3.8, 4) is 11.5 Å². The Bertz CT molecular complexity index is 1340. The van der Waals surface area contributed by atoms with E-state index in [4.69, 9.17) is 21.7 Å². The maximum absolute atomic E-state index is 14.0. The summed E-state index contributed by atoms with van der Waals surface area (Å²) in [5.74, 6) is 0.471. The molecule has 0 saturated carbocycles. The number of aryl methyl sites for hydroxylation is 3. The van der Waals surface area contributed by atoms with E-state index in [-0.39, 0.29) is 5.91 Å². The van der Waals surface area contributed by atoms with Crippen molar-refractivity contribution in [3.63, 3.8) is 0 Å². The van der Waals surface area contributed by atoms with Crippen molar-refractivity contribution >= 4 is 34.6 Å². The zero-order valence-corrected chi connectivity index (χ0v) is 21.3. The van der Waals surface area contributed by atoms with E-state index in [2.05, 4.69) is 16.7 Å². The molecular weight excluding hydrogens is 458 g/mol. The van der Waals surface area contributed by atoms with Crippen LogP contribution in [0.2, 0.25) is 0 Å². The summed E-state index contributed by atoms with van der Waals surface area (Å²) in [6, 6.07) is 19.3. The van der Waals surface area contributed by atoms with E-state index in [0.717, 1.165) is 33.6 Å². The van der Waals surface area contributed by atoms with E-state index in [1.165, 1.54) is 0 Å². The average Bonchev–Trinajstić information content (AvgIpc) is 2.81. The number of fused-ring (bicyclic) bond motifs is 4. The average molecular weight is 488 g/mol. The smallest absolute Gasteiger partial charge is 0.236 e. The molecular formula is C28H29N3O3S. The van der Waals surface area contributed by atoms with Gasteiger partial charge < -0.3 is 20.1 Å². The number of amides is 1. The van der Waals surface area contributed by atoms with E-state index in [0.29, 0.717) is 16.6 Å². The zero-order chi connectivity index (χ0) is 24.9. The van der Waals surface area contributed by atoms with Crippen molar-refractivity contribution in [2.75, 3.05) is 17.3 Å². The molecule has 0 radical (unpaired) electrons. The van der Waals surface area contributed by atoms with Crippen molar-refractivity contribution in [2.45, 2.75) is 39.5 Å². The van der Waals surface area contributed by atoms with Crippen molar-refractivity contribution in [1.29, 1.82) is 0 Å². The third-order valence-corrected chi connectivity index (χ3v) is 7.29. The number of carbonyl (C=O) groups excluding carboxylic acids is 1. The van der Waals surface area contributed by atoms with Gasteiger partial charge in [0.25, 0.3) is 0 Å². The molecule has 7 heteroatoms. The van der Waals surface area contributed by atoms with Gasteiger partial charge in [-0.1, -0.05) is 48.0 Å². The molecule has 3 unspecified atom stereocenters. The van der Waals surface area contributed by atoms with Crippen molar-refractivity contribution < 1.29 is 14.3 Å². The molecule has 5 rings (SSSR count). The minimum absolute atomic E-state index is 0.147. The van der Waals surface area contributed by atoms with E-state index in [1.807, 2.05) is 87.2 Å². The molecule has 3 atom stereocenters. The van der Waals surface area contributed by atoms with Crippen LogP contribution in [0.15, 0.2) is 60.7 Å². The van der Waals surface area contributed by atoms with Gasteiger partial charge in [0.05, 0.1) is 13.2 Å². The highest BCUT2D eigenvalue weighted by atomic mass is 32.1. The maximum Gasteiger partial charge on any atom is 0.236 e. The number of ether oxygens (including phenoxy) is 2. The van der Waals surface area contributed by atoms with Gasteiger partial charge in [0.2, 0.25) is 5.91 Å². The third kappa shape index (κ3) is 3.71. The number of anilines is 2. The van der Waals surface area contributed by atoms with Crippen molar-refractivity contribution in [3.05, 3.63) is 82.9 Å². The Kier molecular flexibility index (Phi) is 5.68. The third-order valence-electron chi connectivity index (χ3n) is 6.99. The van der Waals surface area contributed by atoms with Gasteiger partial charge in [-0.05, 0) is 69.2 Å². The number of thiocarbonyl (C=S) groups is 1. The Morgan fingerprint density at radius 3 is 2.57 bits per heavy atom. The van der Waals surface area contributed by atoms with Crippen LogP contribution in [0.4, 0.5) is 11.4 Å². The fourth-order valence-corrected chi connectivity index (χ4v) is 5.68. The highest BCUT2D eigenvalue weighted by molar-refractivity contribution is 7.80. The van der Waals surface area contributed by atoms with Gasteiger partial charge in [-0.2, -0.15) is 0 Å². The van der Waals surface area contributed by atoms with Crippen LogP contribution in [0.5, 0.6) is 11.5 Å². The fraction of sp³-hybridized carbons (Fsp3) is 0.286. The second-order valence-corrected chi connectivity index (χ2v) is 9.76. The first kappa shape index (κ1) is 23.2. The monoisotopic (exact) mass is 487 g/mol. The summed E-state index contributed by atoms with van der Waals surface area (Å²) in [4.78, 5) is 16.0. The molecule has 0 aromatic heterocycles. The molecule has 2 aliphatic rings. The summed E-state index contributed by atoms with van der Waals surface area (Å²) in [6.07, 6.45) is 0. The van der Waals surface area contributed by atoms with Crippen LogP contribution < -0.4 is 25.0 Å². The normalized spacial score (nSPS) is 22.5. The fourth-order valence-electron chi connectivity index (χ4n) is 5.27. The van der Waals surface area contributed by atoms with Gasteiger partial charge in [-0.15, -0.1) is 0 Å². The maximum atomic E-state index is 14.0. The Morgan fingerprint density at radius 2 is 1.86 bits per heavy atom. The first-order chi connectivity index (χ1) is 16.7. The molecule has 0 spiro atoms. The lowest BCUT2D eigenvalue weighted by Crippen LogP contribution is -2.72. The zero-order valence-electron chi connectivity index (χ0n) is 20.5. The summed E-state index contributed by atoms with van der Waals surface area (Å²) >= 11 is 5.86. The number of nitrogens with zero attached hydrogens (tertiary/aromatic N) is 1. The molecule has 2 N–H and O–H groups in total. The van der Waals surface area contributed by atoms with Crippen LogP contribution in [0.25, 0.3) is 0 Å². The summed E-state index contributed by atoms with van der Waals surface area (Å²) in [7, 11) is 1.62. The van der Waals surface area contributed by atoms with Gasteiger partial charge in [0, 0.05) is 16.9 Å². The molecule has 2 bridgehead atoms. The predicted octanol–water partition coefficient (Wildman–Crippen LogP) is 5.42. The molecule has 6 nitrogen and oxygen atoms in total. The molecule has 35 heavy (non-hydrogen) atoms. The lowest BCUT2D eigenvalue weighted by atomic mass is 9.78. The van der Waals surface area contributed by atoms with E-state index in [1.54, 1.807) is 7.11 Å². The van der Waals surface area contributed by atoms with Crippen LogP contribution in [0.3, 0.4) is 0 Å². The highest BCUT2D eigenvalue weighted by Crippen LogP contribution is 2.52. The Hall–Kier alpha value is -3.58. The van der Waals surface area contributed by atoms with E-state index in [9.17, 15) is 4.79 Å². The molecule has 3 aromatic rings. The molecule has 1 amide bonds. The molecule has 1 saturated heterocycles. The number of hydrogen-bond donors (Lipinski definition) is 2. The minimum atomic E-state index is -1.11. The lowest BCUT2D eigenvalue weighted by Gasteiger charge is -2.56. The van der Waals surface area contributed by atoms with E-state index >= 15 is 0 Å². The number of rotatable bonds is 4. The Morgan fingerprint density at radius 1 is 1.09 bits per heavy atom. The standard InChI is InChI=1S/C28H29N3O3S/c1-16-13-14-20(18(3)15-16)29-26(32)23-24-19-10-8-12-22(33-5)25(19)34-28(23,4)31(27(35)30-24)21-11-7-6-9-17(21)2/h6-15,23-24H,1-5H3,(H,29,32)(H,30,35). The highest BCUT2D eigenvalue weighted by Gasteiger charge is 2.59. The SMILES string of the molecule is COc1cccc2c1OC1(C)C(C(=O)Nc3ccc(C)cc3C)C2NC(=S)N1c1ccccc1C. The first-order valence-electron chi connectivity index (χ1n) is 11.6. The number of methoxy groups -OCH3 is 1. The van der Waals surface area contributed by atoms with Crippen LogP contribution in [0.1, 0.15) is 35.2 Å². The number of nitrogens with one attached hydrogen (secondary N) is 2. The number of para-hydroxylation sites is 2. The lowest BCUT2D eigenvalue weighted by molar-refractivity contribution is -0.130. The molecule has 2 aliphatic heterocycles. The second kappa shape index (κ2) is 8.57. The van der Waals surface area contributed by atoms with Crippen molar-refractivity contribution in [1.82, 2.24) is 5.32 Å². The van der Waals surface area contributed by atoms with Crippen molar-refractivity contribution in [2.24, 2.45) is 5.92 Å². The van der Waals surface area contributed by atoms with Gasteiger partial charge in [-0.3, -0.25) is 9.69 Å². The van der Waals surface area contributed by atoms with Gasteiger partial charge >= 0.3 is 0 Å². The summed E-state index contributed by atoms with van der Waals surface area (Å²) in [5.41, 5.74) is 4.57. The number of hydrogen-bond acceptors (Lipinski definition) is 4. The van der Waals surface area contributed by atoms with E-state index < -0.39 is 17.7 Å². The van der Waals surface area contributed by atoms with Crippen LogP contribution in [-0.4, -0.2) is 23.9 Å². The largest absolute Gasteiger partial charge is 0.493 e. The minimum Gasteiger partial charge on any atom is -0.493 e. The number of carbonyl (C=O) groups is 1. The molecule has 1 fully saturated rings. The van der Waals surface area contributed by atoms with Crippen LogP contribution >= 0.6 is 12.2 Å². The van der Waals surface area contributed by atoms with Crippen LogP contribution in [-0.2, 0) is 4.79 Å². The van der Waals surface area contributed by atoms with Crippen LogP contribution in [0, 0.1) is 26.7 Å².